The van der Waals surface area contributed by atoms with Crippen LogP contribution in [0.3, 0.4) is 0 Å². The van der Waals surface area contributed by atoms with E-state index < -0.39 is 5.97 Å². The van der Waals surface area contributed by atoms with Gasteiger partial charge in [-0.15, -0.1) is 0 Å². The molecule has 2 radical (unpaired) electrons. The predicted octanol–water partition coefficient (Wildman–Crippen LogP) is 0.121. The van der Waals surface area contributed by atoms with Crippen molar-refractivity contribution < 1.29 is 9.90 Å². The number of carbonyl (C=O) groups is 1. The number of rotatable bonds is 1. The Balaban J connectivity index is 0. The van der Waals surface area contributed by atoms with E-state index in [1.54, 1.807) is 19.9 Å². The van der Waals surface area contributed by atoms with Crippen molar-refractivity contribution in [2.24, 2.45) is 0 Å². The molecule has 0 heterocycles. The van der Waals surface area contributed by atoms with E-state index in [2.05, 4.69) is 0 Å². The number of carboxylic acids is 1. The summed E-state index contributed by atoms with van der Waals surface area (Å²) in [7, 11) is 0. The fourth-order valence-electron chi connectivity index (χ4n) is 0.123. The average Bonchev–Trinajstić information content (AvgIpc) is 1.65. The van der Waals surface area contributed by atoms with Crippen molar-refractivity contribution in [3.8, 4) is 0 Å². The molecule has 0 aliphatic heterocycles. The van der Waals surface area contributed by atoms with Crippen LogP contribution in [0.25, 0.3) is 0 Å². The van der Waals surface area contributed by atoms with E-state index in [4.69, 9.17) is 5.11 Å². The summed E-state index contributed by atoms with van der Waals surface area (Å²) in [6.45, 7) is 3.26. The Kier molecular flexibility index (Phi) is 7.25. The molecule has 0 unspecified atom stereocenters. The van der Waals surface area contributed by atoms with Gasteiger partial charge in [0, 0.05) is 5.57 Å². The molecular formula is C5H10O2Pb. The minimum atomic E-state index is -0.845. The van der Waals surface area contributed by atoms with Crippen LogP contribution in [0, 0.1) is 0 Å². The van der Waals surface area contributed by atoms with Gasteiger partial charge in [0.2, 0.25) is 0 Å². The average molecular weight is 309 g/mol. The number of carboxylic acid groups (broad SMARTS) is 1. The molecule has 0 aliphatic rings. The van der Waals surface area contributed by atoms with E-state index in [0.29, 0.717) is 5.57 Å². The van der Waals surface area contributed by atoms with E-state index in [-0.39, 0.29) is 27.3 Å². The Hall–Kier alpha value is 0.132. The molecule has 0 rings (SSSR count). The summed E-state index contributed by atoms with van der Waals surface area (Å²) in [6, 6.07) is 0. The third-order valence-electron chi connectivity index (χ3n) is 0.770. The number of aliphatic carboxylic acids is 1. The van der Waals surface area contributed by atoms with Gasteiger partial charge in [0.15, 0.2) is 0 Å². The van der Waals surface area contributed by atoms with Gasteiger partial charge in [-0.1, -0.05) is 6.08 Å². The van der Waals surface area contributed by atoms with Crippen molar-refractivity contribution >= 4 is 33.3 Å². The van der Waals surface area contributed by atoms with Crippen molar-refractivity contribution in [1.29, 1.82) is 0 Å². The van der Waals surface area contributed by atoms with E-state index in [1.165, 1.54) is 0 Å². The zero-order valence-corrected chi connectivity index (χ0v) is 10.6. The summed E-state index contributed by atoms with van der Waals surface area (Å²) in [6.07, 6.45) is 1.56. The molecule has 8 heavy (non-hydrogen) atoms. The standard InChI is InChI=1S/C5H8O2.Pb.2H/c1-3-4(2)5(6)7;;;/h3H,1-2H3,(H,6,7);;;. The molecule has 1 N–H and O–H groups in total. The molecule has 0 spiro atoms. The quantitative estimate of drug-likeness (QED) is 0.552. The van der Waals surface area contributed by atoms with Gasteiger partial charge in [-0.25, -0.2) is 4.79 Å². The van der Waals surface area contributed by atoms with Crippen molar-refractivity contribution in [2.45, 2.75) is 13.8 Å². The number of hydrogen-bond acceptors (Lipinski definition) is 1. The van der Waals surface area contributed by atoms with Crippen LogP contribution >= 0.6 is 0 Å². The van der Waals surface area contributed by atoms with Gasteiger partial charge in [0.05, 0.1) is 0 Å². The van der Waals surface area contributed by atoms with Gasteiger partial charge in [-0.3, -0.25) is 0 Å². The summed E-state index contributed by atoms with van der Waals surface area (Å²) in [4.78, 5) is 9.86. The summed E-state index contributed by atoms with van der Waals surface area (Å²) in [5, 5.41) is 8.11. The first-order valence-corrected chi connectivity index (χ1v) is 2.04. The molecule has 46 valence electrons. The first-order chi connectivity index (χ1) is 3.18. The van der Waals surface area contributed by atoms with E-state index in [9.17, 15) is 4.79 Å². The Morgan fingerprint density at radius 3 is 2.00 bits per heavy atom. The number of hydrogen-bond donors (Lipinski definition) is 1. The van der Waals surface area contributed by atoms with Crippen molar-refractivity contribution in [1.82, 2.24) is 0 Å². The molecule has 2 nitrogen and oxygen atoms in total. The number of allylic oxidation sites excluding steroid dienone is 1. The minimum absolute atomic E-state index is 0. The summed E-state index contributed by atoms with van der Waals surface area (Å²) < 4.78 is 0. The molecule has 0 bridgehead atoms. The normalized spacial score (nSPS) is 10.0. The van der Waals surface area contributed by atoms with Crippen LogP contribution in [-0.2, 0) is 4.79 Å². The van der Waals surface area contributed by atoms with E-state index in [0.717, 1.165) is 0 Å². The molecule has 0 aromatic heterocycles. The zero-order valence-electron chi connectivity index (χ0n) is 5.14. The fraction of sp³-hybridized carbons (Fsp3) is 0.400. The van der Waals surface area contributed by atoms with Crippen LogP contribution in [0.4, 0.5) is 0 Å². The molecule has 0 aromatic rings. The third-order valence-corrected chi connectivity index (χ3v) is 0.770. The van der Waals surface area contributed by atoms with Gasteiger partial charge >= 0.3 is 33.3 Å². The van der Waals surface area contributed by atoms with Crippen LogP contribution in [0.1, 0.15) is 13.8 Å². The summed E-state index contributed by atoms with van der Waals surface area (Å²) in [5.41, 5.74) is 0.389. The molecule has 0 saturated heterocycles. The topological polar surface area (TPSA) is 37.3 Å². The first kappa shape index (κ1) is 11.0. The zero-order chi connectivity index (χ0) is 5.86. The Bertz CT molecular complexity index is 107. The third kappa shape index (κ3) is 4.30. The van der Waals surface area contributed by atoms with Crippen molar-refractivity contribution in [2.75, 3.05) is 0 Å². The van der Waals surface area contributed by atoms with E-state index in [1.807, 2.05) is 0 Å². The Labute approximate surface area is 68.7 Å². The van der Waals surface area contributed by atoms with Gasteiger partial charge in [-0.2, -0.15) is 0 Å². The second-order valence-corrected chi connectivity index (χ2v) is 1.28. The van der Waals surface area contributed by atoms with Crippen molar-refractivity contribution in [3.05, 3.63) is 11.6 Å². The molecule has 0 aliphatic carbocycles. The van der Waals surface area contributed by atoms with Gasteiger partial charge in [0.25, 0.3) is 0 Å². The molecule has 3 heteroatoms. The SMILES string of the molecule is CC=C(C)C(=O)O.[PbH2]. The van der Waals surface area contributed by atoms with Gasteiger partial charge < -0.3 is 5.11 Å². The van der Waals surface area contributed by atoms with Gasteiger partial charge in [-0.05, 0) is 13.8 Å². The van der Waals surface area contributed by atoms with Crippen LogP contribution < -0.4 is 0 Å². The second kappa shape index (κ2) is 5.27. The monoisotopic (exact) mass is 310 g/mol. The molecule has 0 fully saturated rings. The van der Waals surface area contributed by atoms with Crippen LogP contribution in [0.5, 0.6) is 0 Å². The Morgan fingerprint density at radius 2 is 2.00 bits per heavy atom. The summed E-state index contributed by atoms with van der Waals surface area (Å²) in [5.74, 6) is -0.845. The predicted molar refractivity (Wildman–Crippen MR) is 35.6 cm³/mol. The first-order valence-electron chi connectivity index (χ1n) is 2.04. The summed E-state index contributed by atoms with van der Waals surface area (Å²) >= 11 is 0. The molecule has 0 amide bonds. The van der Waals surface area contributed by atoms with Crippen LogP contribution in [-0.4, -0.2) is 38.4 Å². The maximum atomic E-state index is 9.86. The molecule has 0 saturated carbocycles. The molecule has 0 aromatic carbocycles. The molecular weight excluding hydrogens is 299 g/mol. The molecule has 0 atom stereocenters. The van der Waals surface area contributed by atoms with Gasteiger partial charge in [0.1, 0.15) is 0 Å². The maximum absolute atomic E-state index is 9.86. The van der Waals surface area contributed by atoms with Crippen molar-refractivity contribution in [3.63, 3.8) is 0 Å². The van der Waals surface area contributed by atoms with Crippen LogP contribution in [0.2, 0.25) is 0 Å². The Morgan fingerprint density at radius 1 is 1.62 bits per heavy atom. The fourth-order valence-corrected chi connectivity index (χ4v) is 0.123. The van der Waals surface area contributed by atoms with Crippen LogP contribution in [0.15, 0.2) is 11.6 Å². The van der Waals surface area contributed by atoms with E-state index >= 15 is 0 Å². The second-order valence-electron chi connectivity index (χ2n) is 1.28.